The number of hydrogen-bond acceptors (Lipinski definition) is 0. The van der Waals surface area contributed by atoms with Gasteiger partial charge in [-0.2, -0.15) is 0 Å². The van der Waals surface area contributed by atoms with Gasteiger partial charge in [-0.1, -0.05) is 38.3 Å². The lowest BCUT2D eigenvalue weighted by Crippen LogP contribution is -1.94. The summed E-state index contributed by atoms with van der Waals surface area (Å²) in [5, 5.41) is 0. The molecule has 0 bridgehead atoms. The maximum absolute atomic E-state index is 4.11. The summed E-state index contributed by atoms with van der Waals surface area (Å²) in [5.41, 5.74) is 1.53. The minimum absolute atomic E-state index is 0.890. The monoisotopic (exact) mass is 152 g/mol. The maximum atomic E-state index is 4.11. The van der Waals surface area contributed by atoms with Crippen LogP contribution in [-0.4, -0.2) is 0 Å². The molecule has 0 nitrogen and oxygen atoms in total. The molecule has 1 saturated carbocycles. The van der Waals surface area contributed by atoms with Gasteiger partial charge in [-0.25, -0.2) is 0 Å². The van der Waals surface area contributed by atoms with E-state index in [9.17, 15) is 0 Å². The first-order valence-electron chi connectivity index (χ1n) is 5.02. The van der Waals surface area contributed by atoms with E-state index in [2.05, 4.69) is 13.5 Å². The summed E-state index contributed by atoms with van der Waals surface area (Å²) in [6, 6.07) is 0. The molecule has 0 saturated heterocycles. The first-order chi connectivity index (χ1) is 5.34. The molecule has 1 unspecified atom stereocenters. The minimum Gasteiger partial charge on any atom is -0.0996 e. The number of rotatable bonds is 4. The van der Waals surface area contributed by atoms with Crippen LogP contribution in [0.4, 0.5) is 0 Å². The van der Waals surface area contributed by atoms with Crippen LogP contribution in [0, 0.1) is 5.92 Å². The standard InChI is InChI=1S/C11H20/c1-3-4-5-8-11-9-6-7-10(11)2/h11H,2-9H2,1H3. The van der Waals surface area contributed by atoms with E-state index in [1.54, 1.807) is 0 Å². The molecule has 1 atom stereocenters. The number of hydrogen-bond donors (Lipinski definition) is 0. The number of allylic oxidation sites excluding steroid dienone is 1. The molecule has 0 aromatic carbocycles. The van der Waals surface area contributed by atoms with Crippen molar-refractivity contribution in [2.45, 2.75) is 51.9 Å². The van der Waals surface area contributed by atoms with Gasteiger partial charge in [-0.3, -0.25) is 0 Å². The van der Waals surface area contributed by atoms with Gasteiger partial charge >= 0.3 is 0 Å². The average Bonchev–Trinajstić information content (AvgIpc) is 2.37. The van der Waals surface area contributed by atoms with Crippen LogP contribution in [0.25, 0.3) is 0 Å². The van der Waals surface area contributed by atoms with Crippen molar-refractivity contribution in [3.63, 3.8) is 0 Å². The highest BCUT2D eigenvalue weighted by molar-refractivity contribution is 5.05. The predicted octanol–water partition coefficient (Wildman–Crippen LogP) is 3.92. The molecule has 0 aromatic heterocycles. The summed E-state index contributed by atoms with van der Waals surface area (Å²) >= 11 is 0. The van der Waals surface area contributed by atoms with E-state index in [1.165, 1.54) is 50.5 Å². The van der Waals surface area contributed by atoms with Crippen LogP contribution in [-0.2, 0) is 0 Å². The Morgan fingerprint density at radius 1 is 1.45 bits per heavy atom. The van der Waals surface area contributed by atoms with E-state index >= 15 is 0 Å². The van der Waals surface area contributed by atoms with E-state index < -0.39 is 0 Å². The molecular formula is C11H20. The SMILES string of the molecule is C=C1CCCC1CCCCC. The lowest BCUT2D eigenvalue weighted by Gasteiger charge is -2.09. The largest absolute Gasteiger partial charge is 0.0996 e. The van der Waals surface area contributed by atoms with Gasteiger partial charge in [-0.15, -0.1) is 0 Å². The van der Waals surface area contributed by atoms with E-state index in [4.69, 9.17) is 0 Å². The van der Waals surface area contributed by atoms with Crippen molar-refractivity contribution in [2.75, 3.05) is 0 Å². The molecule has 11 heavy (non-hydrogen) atoms. The Kier molecular flexibility index (Phi) is 3.68. The zero-order valence-corrected chi connectivity index (χ0v) is 7.73. The fourth-order valence-corrected chi connectivity index (χ4v) is 1.97. The first-order valence-corrected chi connectivity index (χ1v) is 5.02. The fraction of sp³-hybridized carbons (Fsp3) is 0.818. The van der Waals surface area contributed by atoms with Gasteiger partial charge in [0.05, 0.1) is 0 Å². The van der Waals surface area contributed by atoms with Crippen molar-refractivity contribution in [3.8, 4) is 0 Å². The van der Waals surface area contributed by atoms with Gasteiger partial charge in [0, 0.05) is 0 Å². The summed E-state index contributed by atoms with van der Waals surface area (Å²) < 4.78 is 0. The van der Waals surface area contributed by atoms with Gasteiger partial charge in [0.25, 0.3) is 0 Å². The van der Waals surface area contributed by atoms with E-state index in [-0.39, 0.29) is 0 Å². The predicted molar refractivity (Wildman–Crippen MR) is 50.6 cm³/mol. The van der Waals surface area contributed by atoms with Gasteiger partial charge < -0.3 is 0 Å². The Bertz CT molecular complexity index is 124. The zero-order valence-electron chi connectivity index (χ0n) is 7.73. The highest BCUT2D eigenvalue weighted by Gasteiger charge is 2.17. The van der Waals surface area contributed by atoms with Gasteiger partial charge in [-0.05, 0) is 31.6 Å². The summed E-state index contributed by atoms with van der Waals surface area (Å²) in [6.07, 6.45) is 9.70. The van der Waals surface area contributed by atoms with Crippen LogP contribution in [0.1, 0.15) is 51.9 Å². The molecular weight excluding hydrogens is 132 g/mol. The Morgan fingerprint density at radius 3 is 2.82 bits per heavy atom. The molecule has 0 heteroatoms. The molecule has 1 aliphatic carbocycles. The van der Waals surface area contributed by atoms with Crippen molar-refractivity contribution in [2.24, 2.45) is 5.92 Å². The Balaban J connectivity index is 2.10. The number of unbranched alkanes of at least 4 members (excludes halogenated alkanes) is 2. The minimum atomic E-state index is 0.890. The second-order valence-corrected chi connectivity index (χ2v) is 3.74. The first kappa shape index (κ1) is 8.83. The van der Waals surface area contributed by atoms with Crippen molar-refractivity contribution in [3.05, 3.63) is 12.2 Å². The average molecular weight is 152 g/mol. The molecule has 0 aliphatic heterocycles. The highest BCUT2D eigenvalue weighted by Crippen LogP contribution is 2.33. The van der Waals surface area contributed by atoms with Gasteiger partial charge in [0.1, 0.15) is 0 Å². The molecule has 0 N–H and O–H groups in total. The van der Waals surface area contributed by atoms with Crippen LogP contribution in [0.15, 0.2) is 12.2 Å². The molecule has 0 spiro atoms. The Morgan fingerprint density at radius 2 is 2.27 bits per heavy atom. The van der Waals surface area contributed by atoms with Crippen molar-refractivity contribution < 1.29 is 0 Å². The third kappa shape index (κ3) is 2.69. The third-order valence-electron chi connectivity index (χ3n) is 2.78. The van der Waals surface area contributed by atoms with Gasteiger partial charge in [0.2, 0.25) is 0 Å². The summed E-state index contributed by atoms with van der Waals surface area (Å²) in [5.74, 6) is 0.890. The van der Waals surface area contributed by atoms with Crippen LogP contribution < -0.4 is 0 Å². The second-order valence-electron chi connectivity index (χ2n) is 3.74. The molecule has 0 heterocycles. The second kappa shape index (κ2) is 4.58. The Labute approximate surface area is 70.7 Å². The van der Waals surface area contributed by atoms with Crippen molar-refractivity contribution in [1.82, 2.24) is 0 Å². The van der Waals surface area contributed by atoms with Crippen LogP contribution in [0.5, 0.6) is 0 Å². The van der Waals surface area contributed by atoms with Crippen molar-refractivity contribution >= 4 is 0 Å². The summed E-state index contributed by atoms with van der Waals surface area (Å²) in [7, 11) is 0. The van der Waals surface area contributed by atoms with Gasteiger partial charge in [0.15, 0.2) is 0 Å². The topological polar surface area (TPSA) is 0 Å². The lowest BCUT2D eigenvalue weighted by atomic mass is 9.97. The normalized spacial score (nSPS) is 24.5. The van der Waals surface area contributed by atoms with E-state index in [0.717, 1.165) is 5.92 Å². The molecule has 0 radical (unpaired) electrons. The van der Waals surface area contributed by atoms with E-state index in [0.29, 0.717) is 0 Å². The molecule has 1 rings (SSSR count). The fourth-order valence-electron chi connectivity index (χ4n) is 1.97. The third-order valence-corrected chi connectivity index (χ3v) is 2.78. The summed E-state index contributed by atoms with van der Waals surface area (Å²) in [4.78, 5) is 0. The van der Waals surface area contributed by atoms with Crippen molar-refractivity contribution in [1.29, 1.82) is 0 Å². The zero-order chi connectivity index (χ0) is 8.10. The van der Waals surface area contributed by atoms with Crippen LogP contribution >= 0.6 is 0 Å². The highest BCUT2D eigenvalue weighted by atomic mass is 14.2. The maximum Gasteiger partial charge on any atom is -0.0206 e. The quantitative estimate of drug-likeness (QED) is 0.423. The molecule has 64 valence electrons. The Hall–Kier alpha value is -0.260. The molecule has 0 aromatic rings. The smallest absolute Gasteiger partial charge is 0.0206 e. The van der Waals surface area contributed by atoms with Crippen LogP contribution in [0.3, 0.4) is 0 Å². The lowest BCUT2D eigenvalue weighted by molar-refractivity contribution is 0.527. The molecule has 1 aliphatic rings. The molecule has 0 amide bonds. The van der Waals surface area contributed by atoms with Crippen LogP contribution in [0.2, 0.25) is 0 Å². The molecule has 1 fully saturated rings. The van der Waals surface area contributed by atoms with E-state index in [1.807, 2.05) is 0 Å². The summed E-state index contributed by atoms with van der Waals surface area (Å²) in [6.45, 7) is 6.38.